The largest absolute Gasteiger partial charge is 0.489 e. The first kappa shape index (κ1) is 14.5. The van der Waals surface area contributed by atoms with Crippen molar-refractivity contribution >= 4 is 5.82 Å². The lowest BCUT2D eigenvalue weighted by atomic mass is 10.3. The molecule has 0 fully saturated rings. The van der Waals surface area contributed by atoms with Crippen molar-refractivity contribution in [3.63, 3.8) is 0 Å². The number of rotatable bonds is 7. The van der Waals surface area contributed by atoms with Crippen LogP contribution in [-0.4, -0.2) is 55.7 Å². The van der Waals surface area contributed by atoms with E-state index in [9.17, 15) is 4.79 Å². The maximum atomic E-state index is 11.6. The summed E-state index contributed by atoms with van der Waals surface area (Å²) in [5.74, 6) is 0.895. The minimum Gasteiger partial charge on any atom is -0.489 e. The molecule has 18 heavy (non-hydrogen) atoms. The summed E-state index contributed by atoms with van der Waals surface area (Å²) in [6.07, 6.45) is 2.42. The quantitative estimate of drug-likeness (QED) is 0.770. The van der Waals surface area contributed by atoms with E-state index >= 15 is 0 Å². The first-order valence-electron chi connectivity index (χ1n) is 6.11. The van der Waals surface area contributed by atoms with Crippen LogP contribution in [0.5, 0.6) is 5.75 Å². The van der Waals surface area contributed by atoms with Crippen LogP contribution < -0.4 is 15.2 Å². The van der Waals surface area contributed by atoms with Gasteiger partial charge in [0.05, 0.1) is 13.4 Å². The lowest BCUT2D eigenvalue weighted by molar-refractivity contribution is 0.395. The number of methoxy groups -OCH3 is 1. The van der Waals surface area contributed by atoms with Gasteiger partial charge in [-0.05, 0) is 34.0 Å². The van der Waals surface area contributed by atoms with Gasteiger partial charge in [-0.1, -0.05) is 0 Å². The van der Waals surface area contributed by atoms with Gasteiger partial charge >= 0.3 is 0 Å². The lowest BCUT2D eigenvalue weighted by Crippen LogP contribution is -2.29. The van der Waals surface area contributed by atoms with Crippen molar-refractivity contribution < 1.29 is 4.74 Å². The van der Waals surface area contributed by atoms with E-state index in [1.54, 1.807) is 0 Å². The molecule has 0 aliphatic rings. The summed E-state index contributed by atoms with van der Waals surface area (Å²) < 4.78 is 5.13. The molecule has 0 aliphatic carbocycles. The Morgan fingerprint density at radius 3 is 2.67 bits per heavy atom. The van der Waals surface area contributed by atoms with Crippen LogP contribution in [0.3, 0.4) is 0 Å². The van der Waals surface area contributed by atoms with Gasteiger partial charge in [0, 0.05) is 13.1 Å². The first-order valence-corrected chi connectivity index (χ1v) is 6.11. The van der Waals surface area contributed by atoms with Crippen molar-refractivity contribution in [2.45, 2.75) is 13.3 Å². The monoisotopic (exact) mass is 254 g/mol. The van der Waals surface area contributed by atoms with E-state index < -0.39 is 0 Å². The summed E-state index contributed by atoms with van der Waals surface area (Å²) >= 11 is 0. The summed E-state index contributed by atoms with van der Waals surface area (Å²) in [5, 5.41) is 0. The molecule has 1 rings (SSSR count). The van der Waals surface area contributed by atoms with E-state index in [-0.39, 0.29) is 11.3 Å². The number of aromatic nitrogens is 2. The normalized spacial score (nSPS) is 10.7. The van der Waals surface area contributed by atoms with Gasteiger partial charge in [0.25, 0.3) is 5.56 Å². The van der Waals surface area contributed by atoms with Gasteiger partial charge < -0.3 is 19.5 Å². The molecule has 0 atom stereocenters. The van der Waals surface area contributed by atoms with Gasteiger partial charge in [-0.25, -0.2) is 4.98 Å². The molecule has 102 valence electrons. The van der Waals surface area contributed by atoms with Crippen LogP contribution in [0.25, 0.3) is 0 Å². The molecule has 0 spiro atoms. The molecule has 0 aliphatic heterocycles. The smallest absolute Gasteiger partial charge is 0.295 e. The molecule has 1 aromatic heterocycles. The number of hydrogen-bond acceptors (Lipinski definition) is 5. The zero-order valence-corrected chi connectivity index (χ0v) is 11.6. The van der Waals surface area contributed by atoms with Gasteiger partial charge in [-0.15, -0.1) is 0 Å². The van der Waals surface area contributed by atoms with E-state index in [0.29, 0.717) is 5.82 Å². The zero-order chi connectivity index (χ0) is 13.5. The number of nitrogens with one attached hydrogen (secondary N) is 1. The third-order valence-corrected chi connectivity index (χ3v) is 2.71. The Morgan fingerprint density at radius 2 is 2.11 bits per heavy atom. The molecular formula is C12H22N4O2. The van der Waals surface area contributed by atoms with Crippen LogP contribution in [0.1, 0.15) is 13.3 Å². The van der Waals surface area contributed by atoms with Crippen molar-refractivity contribution in [2.24, 2.45) is 0 Å². The van der Waals surface area contributed by atoms with Crippen molar-refractivity contribution in [1.29, 1.82) is 0 Å². The van der Waals surface area contributed by atoms with Crippen molar-refractivity contribution in [2.75, 3.05) is 45.7 Å². The van der Waals surface area contributed by atoms with Gasteiger partial charge in [0.2, 0.25) is 5.75 Å². The Balaban J connectivity index is 2.81. The second-order valence-corrected chi connectivity index (χ2v) is 4.33. The van der Waals surface area contributed by atoms with E-state index in [2.05, 4.69) is 19.8 Å². The number of hydrogen-bond donors (Lipinski definition) is 1. The van der Waals surface area contributed by atoms with Gasteiger partial charge in [0.1, 0.15) is 0 Å². The van der Waals surface area contributed by atoms with E-state index in [0.717, 1.165) is 26.1 Å². The highest BCUT2D eigenvalue weighted by Crippen LogP contribution is 2.20. The number of aromatic amines is 1. The molecule has 0 unspecified atom stereocenters. The maximum absolute atomic E-state index is 11.6. The fourth-order valence-electron chi connectivity index (χ4n) is 1.78. The fraction of sp³-hybridized carbons (Fsp3) is 0.667. The molecule has 1 aromatic rings. The highest BCUT2D eigenvalue weighted by atomic mass is 16.5. The Bertz CT molecular complexity index is 417. The molecule has 0 aromatic carbocycles. The minimum absolute atomic E-state index is 0.242. The number of H-pyrrole nitrogens is 1. The Kier molecular flexibility index (Phi) is 5.64. The van der Waals surface area contributed by atoms with E-state index in [1.165, 1.54) is 13.4 Å². The van der Waals surface area contributed by atoms with Gasteiger partial charge in [-0.2, -0.15) is 0 Å². The number of anilines is 1. The third kappa shape index (κ3) is 3.73. The molecule has 0 amide bonds. The highest BCUT2D eigenvalue weighted by molar-refractivity contribution is 5.50. The van der Waals surface area contributed by atoms with Crippen molar-refractivity contribution in [3.05, 3.63) is 16.7 Å². The summed E-state index contributed by atoms with van der Waals surface area (Å²) in [7, 11) is 5.58. The van der Waals surface area contributed by atoms with Crippen LogP contribution in [0, 0.1) is 0 Å². The highest BCUT2D eigenvalue weighted by Gasteiger charge is 2.14. The van der Waals surface area contributed by atoms with Gasteiger partial charge in [0.15, 0.2) is 5.82 Å². The predicted molar refractivity (Wildman–Crippen MR) is 72.5 cm³/mol. The van der Waals surface area contributed by atoms with Crippen LogP contribution in [-0.2, 0) is 0 Å². The molecule has 6 heteroatoms. The molecule has 1 heterocycles. The molecule has 0 bridgehead atoms. The second-order valence-electron chi connectivity index (χ2n) is 4.33. The molecule has 6 nitrogen and oxygen atoms in total. The van der Waals surface area contributed by atoms with Crippen molar-refractivity contribution in [1.82, 2.24) is 14.9 Å². The standard InChI is InChI=1S/C12H22N4O2/c1-5-16(8-6-7-15(2)3)11-10(18-4)12(17)14-9-13-11/h9H,5-8H2,1-4H3,(H,13,14,17). The van der Waals surface area contributed by atoms with E-state index in [1.807, 2.05) is 21.0 Å². The van der Waals surface area contributed by atoms with Gasteiger partial charge in [-0.3, -0.25) is 4.79 Å². The number of nitrogens with zero attached hydrogens (tertiary/aromatic N) is 3. The van der Waals surface area contributed by atoms with Crippen molar-refractivity contribution in [3.8, 4) is 5.75 Å². The fourth-order valence-corrected chi connectivity index (χ4v) is 1.78. The summed E-state index contributed by atoms with van der Waals surface area (Å²) in [6, 6.07) is 0. The van der Waals surface area contributed by atoms with Crippen LogP contribution in [0.15, 0.2) is 11.1 Å². The zero-order valence-electron chi connectivity index (χ0n) is 11.6. The Labute approximate surface area is 108 Å². The Hall–Kier alpha value is -1.56. The second kappa shape index (κ2) is 7.00. The summed E-state index contributed by atoms with van der Waals surface area (Å²) in [5.41, 5.74) is -0.242. The molecule has 0 saturated carbocycles. The SMILES string of the molecule is CCN(CCCN(C)C)c1nc[nH]c(=O)c1OC. The summed E-state index contributed by atoms with van der Waals surface area (Å²) in [6.45, 7) is 4.68. The van der Waals surface area contributed by atoms with Crippen LogP contribution in [0.4, 0.5) is 5.82 Å². The maximum Gasteiger partial charge on any atom is 0.295 e. The third-order valence-electron chi connectivity index (χ3n) is 2.71. The number of ether oxygens (including phenoxy) is 1. The molecule has 1 N–H and O–H groups in total. The molecule has 0 radical (unpaired) electrons. The molecular weight excluding hydrogens is 232 g/mol. The average Bonchev–Trinajstić information content (AvgIpc) is 2.34. The van der Waals surface area contributed by atoms with Crippen LogP contribution >= 0.6 is 0 Å². The van der Waals surface area contributed by atoms with E-state index in [4.69, 9.17) is 4.74 Å². The topological polar surface area (TPSA) is 61.5 Å². The molecule has 0 saturated heterocycles. The predicted octanol–water partition coefficient (Wildman–Crippen LogP) is 0.556. The average molecular weight is 254 g/mol. The summed E-state index contributed by atoms with van der Waals surface area (Å²) in [4.78, 5) is 22.5. The Morgan fingerprint density at radius 1 is 1.39 bits per heavy atom. The van der Waals surface area contributed by atoms with Crippen LogP contribution in [0.2, 0.25) is 0 Å². The minimum atomic E-state index is -0.242. The lowest BCUT2D eigenvalue weighted by Gasteiger charge is -2.23. The first-order chi connectivity index (χ1) is 8.60.